The molecule has 2 aromatic heterocycles. The number of thiophene rings is 1. The lowest BCUT2D eigenvalue weighted by Gasteiger charge is -2.14. The molecule has 2 atom stereocenters. The van der Waals surface area contributed by atoms with Crippen molar-refractivity contribution in [3.05, 3.63) is 46.0 Å². The highest BCUT2D eigenvalue weighted by molar-refractivity contribution is 7.09. The molecule has 0 saturated heterocycles. The van der Waals surface area contributed by atoms with Gasteiger partial charge in [-0.3, -0.25) is 15.0 Å². The number of furan rings is 1. The molecule has 0 unspecified atom stereocenters. The van der Waals surface area contributed by atoms with Crippen LogP contribution in [0.5, 0.6) is 0 Å². The molecule has 3 amide bonds. The molecule has 7 heteroatoms. The van der Waals surface area contributed by atoms with Crippen molar-refractivity contribution in [2.24, 2.45) is 5.92 Å². The van der Waals surface area contributed by atoms with Gasteiger partial charge in [-0.2, -0.15) is 0 Å². The molecule has 0 bridgehead atoms. The van der Waals surface area contributed by atoms with E-state index in [2.05, 4.69) is 17.6 Å². The quantitative estimate of drug-likeness (QED) is 0.795. The van der Waals surface area contributed by atoms with Gasteiger partial charge < -0.3 is 9.73 Å². The average Bonchev–Trinajstić information content (AvgIpc) is 2.96. The van der Waals surface area contributed by atoms with Crippen molar-refractivity contribution in [2.45, 2.75) is 32.4 Å². The molecular weight excluding hydrogens is 338 g/mol. The summed E-state index contributed by atoms with van der Waals surface area (Å²) in [5.41, 5.74) is 0. The molecule has 1 saturated carbocycles. The molecule has 0 radical (unpaired) electrons. The van der Waals surface area contributed by atoms with Gasteiger partial charge in [0.15, 0.2) is 0 Å². The van der Waals surface area contributed by atoms with Crippen molar-refractivity contribution in [2.75, 3.05) is 13.6 Å². The highest BCUT2D eigenvalue weighted by Crippen LogP contribution is 2.47. The van der Waals surface area contributed by atoms with Crippen LogP contribution in [0.4, 0.5) is 4.79 Å². The fourth-order valence-electron chi connectivity index (χ4n) is 2.76. The zero-order valence-electron chi connectivity index (χ0n) is 14.5. The van der Waals surface area contributed by atoms with Crippen LogP contribution in [-0.4, -0.2) is 30.4 Å². The Labute approximate surface area is 151 Å². The van der Waals surface area contributed by atoms with Crippen molar-refractivity contribution in [3.63, 3.8) is 0 Å². The van der Waals surface area contributed by atoms with Gasteiger partial charge in [-0.15, -0.1) is 11.3 Å². The average molecular weight is 361 g/mol. The van der Waals surface area contributed by atoms with Crippen LogP contribution in [0.1, 0.15) is 35.7 Å². The lowest BCUT2D eigenvalue weighted by atomic mass is 10.3. The molecule has 2 heterocycles. The number of carbonyl (C=O) groups is 2. The van der Waals surface area contributed by atoms with E-state index < -0.39 is 6.03 Å². The van der Waals surface area contributed by atoms with Crippen molar-refractivity contribution >= 4 is 23.3 Å². The summed E-state index contributed by atoms with van der Waals surface area (Å²) in [5.74, 6) is 2.79. The van der Waals surface area contributed by atoms with E-state index in [0.717, 1.165) is 16.4 Å². The first kappa shape index (κ1) is 17.7. The number of nitrogens with zero attached hydrogens (tertiary/aromatic N) is 1. The van der Waals surface area contributed by atoms with E-state index >= 15 is 0 Å². The number of amides is 3. The van der Waals surface area contributed by atoms with Crippen LogP contribution in [-0.2, 0) is 17.9 Å². The number of hydrogen-bond acceptors (Lipinski definition) is 5. The van der Waals surface area contributed by atoms with Crippen LogP contribution in [0.2, 0.25) is 0 Å². The van der Waals surface area contributed by atoms with Gasteiger partial charge >= 0.3 is 6.03 Å². The molecule has 1 aliphatic rings. The summed E-state index contributed by atoms with van der Waals surface area (Å²) in [7, 11) is 1.82. The largest absolute Gasteiger partial charge is 0.464 e. The fourth-order valence-corrected chi connectivity index (χ4v) is 3.40. The number of rotatable bonds is 7. The molecule has 25 heavy (non-hydrogen) atoms. The normalized spacial score (nSPS) is 19.0. The maximum absolute atomic E-state index is 11.9. The zero-order chi connectivity index (χ0) is 17.8. The van der Waals surface area contributed by atoms with E-state index in [4.69, 9.17) is 4.42 Å². The first-order chi connectivity index (χ1) is 12.0. The van der Waals surface area contributed by atoms with Gasteiger partial charge in [-0.1, -0.05) is 13.0 Å². The Bertz CT molecular complexity index is 726. The number of urea groups is 1. The summed E-state index contributed by atoms with van der Waals surface area (Å²) in [4.78, 5) is 26.5. The Morgan fingerprint density at radius 1 is 1.36 bits per heavy atom. The maximum Gasteiger partial charge on any atom is 0.321 e. The van der Waals surface area contributed by atoms with Gasteiger partial charge in [0.1, 0.15) is 11.5 Å². The van der Waals surface area contributed by atoms with Crippen LogP contribution >= 0.6 is 11.3 Å². The zero-order valence-corrected chi connectivity index (χ0v) is 15.3. The lowest BCUT2D eigenvalue weighted by molar-refractivity contribution is -0.121. The van der Waals surface area contributed by atoms with Crippen molar-refractivity contribution in [1.29, 1.82) is 0 Å². The van der Waals surface area contributed by atoms with E-state index in [9.17, 15) is 9.59 Å². The van der Waals surface area contributed by atoms with Gasteiger partial charge in [-0.05, 0) is 43.0 Å². The van der Waals surface area contributed by atoms with E-state index in [0.29, 0.717) is 24.9 Å². The Morgan fingerprint density at radius 3 is 2.84 bits per heavy atom. The number of nitrogens with one attached hydrogen (secondary N) is 2. The van der Waals surface area contributed by atoms with Crippen molar-refractivity contribution in [1.82, 2.24) is 15.5 Å². The molecular formula is C18H23N3O3S. The Balaban J connectivity index is 1.38. The maximum atomic E-state index is 11.9. The fraction of sp³-hybridized carbons (Fsp3) is 0.444. The standard InChI is InChI=1S/C18H23N3O3S/c1-12-8-15(12)16-6-5-13(24-16)10-21(2)11-17(22)20-18(23)19-9-14-4-3-7-25-14/h3-7,12,15H,8-11H2,1-2H3,(H2,19,20,22,23)/t12-,15+/m0/s1. The van der Waals surface area contributed by atoms with Crippen LogP contribution in [0, 0.1) is 5.92 Å². The van der Waals surface area contributed by atoms with Gasteiger partial charge in [-0.25, -0.2) is 4.79 Å². The molecule has 0 spiro atoms. The first-order valence-electron chi connectivity index (χ1n) is 8.38. The Hall–Kier alpha value is -2.12. The minimum absolute atomic E-state index is 0.127. The molecule has 3 rings (SSSR count). The monoisotopic (exact) mass is 361 g/mol. The summed E-state index contributed by atoms with van der Waals surface area (Å²) in [6, 6.07) is 7.36. The number of likely N-dealkylation sites (N-methyl/N-ethyl adjacent to an activating group) is 1. The van der Waals surface area contributed by atoms with E-state index in [1.807, 2.05) is 41.6 Å². The molecule has 0 aliphatic heterocycles. The SMILES string of the molecule is C[C@H]1C[C@H]1c1ccc(CN(C)CC(=O)NC(=O)NCc2cccs2)o1. The minimum Gasteiger partial charge on any atom is -0.464 e. The predicted octanol–water partition coefficient (Wildman–Crippen LogP) is 2.92. The summed E-state index contributed by atoms with van der Waals surface area (Å²) in [5, 5.41) is 6.95. The third kappa shape index (κ3) is 5.17. The Morgan fingerprint density at radius 2 is 2.16 bits per heavy atom. The molecule has 134 valence electrons. The smallest absolute Gasteiger partial charge is 0.321 e. The van der Waals surface area contributed by atoms with Gasteiger partial charge in [0.25, 0.3) is 0 Å². The van der Waals surface area contributed by atoms with Gasteiger partial charge in [0.2, 0.25) is 5.91 Å². The second-order valence-corrected chi connectivity index (χ2v) is 7.64. The lowest BCUT2D eigenvalue weighted by Crippen LogP contribution is -2.43. The second-order valence-electron chi connectivity index (χ2n) is 6.61. The second kappa shape index (κ2) is 7.84. The van der Waals surface area contributed by atoms with Crippen LogP contribution in [0.3, 0.4) is 0 Å². The third-order valence-electron chi connectivity index (χ3n) is 4.25. The molecule has 1 aliphatic carbocycles. The van der Waals surface area contributed by atoms with Gasteiger partial charge in [0, 0.05) is 10.8 Å². The summed E-state index contributed by atoms with van der Waals surface area (Å²) in [6.07, 6.45) is 1.19. The summed E-state index contributed by atoms with van der Waals surface area (Å²) in [6.45, 7) is 3.29. The molecule has 2 aromatic rings. The minimum atomic E-state index is -0.477. The Kier molecular flexibility index (Phi) is 5.55. The van der Waals surface area contributed by atoms with Crippen LogP contribution in [0.15, 0.2) is 34.1 Å². The topological polar surface area (TPSA) is 74.6 Å². The van der Waals surface area contributed by atoms with Gasteiger partial charge in [0.05, 0.1) is 19.6 Å². The number of imide groups is 1. The van der Waals surface area contributed by atoms with Crippen molar-refractivity contribution in [3.8, 4) is 0 Å². The predicted molar refractivity (Wildman–Crippen MR) is 96.3 cm³/mol. The molecule has 6 nitrogen and oxygen atoms in total. The van der Waals surface area contributed by atoms with Crippen LogP contribution < -0.4 is 10.6 Å². The van der Waals surface area contributed by atoms with E-state index in [-0.39, 0.29) is 12.5 Å². The summed E-state index contributed by atoms with van der Waals surface area (Å²) < 4.78 is 5.84. The van der Waals surface area contributed by atoms with Crippen LogP contribution in [0.25, 0.3) is 0 Å². The first-order valence-corrected chi connectivity index (χ1v) is 9.26. The van der Waals surface area contributed by atoms with Crippen molar-refractivity contribution < 1.29 is 14.0 Å². The molecule has 2 N–H and O–H groups in total. The highest BCUT2D eigenvalue weighted by Gasteiger charge is 2.36. The molecule has 0 aromatic carbocycles. The third-order valence-corrected chi connectivity index (χ3v) is 5.13. The highest BCUT2D eigenvalue weighted by atomic mass is 32.1. The molecule has 1 fully saturated rings. The summed E-state index contributed by atoms with van der Waals surface area (Å²) >= 11 is 1.56. The number of hydrogen-bond donors (Lipinski definition) is 2. The van der Waals surface area contributed by atoms with E-state index in [1.54, 1.807) is 11.3 Å². The van der Waals surface area contributed by atoms with E-state index in [1.165, 1.54) is 6.42 Å². The number of carbonyl (C=O) groups excluding carboxylic acids is 2.